The van der Waals surface area contributed by atoms with E-state index in [9.17, 15) is 0 Å². The van der Waals surface area contributed by atoms with Crippen LogP contribution in [0.25, 0.3) is 0 Å². The number of aliphatic hydroxyl groups is 1. The van der Waals surface area contributed by atoms with Gasteiger partial charge in [-0.05, 0) is 6.07 Å². The van der Waals surface area contributed by atoms with Gasteiger partial charge in [0.2, 0.25) is 0 Å². The van der Waals surface area contributed by atoms with Crippen LogP contribution in [-0.2, 0) is 0 Å². The van der Waals surface area contributed by atoms with Crippen LogP contribution in [0.4, 0.5) is 0 Å². The van der Waals surface area contributed by atoms with Crippen LogP contribution >= 0.6 is 0 Å². The van der Waals surface area contributed by atoms with Crippen LogP contribution in [-0.4, -0.2) is 25.4 Å². The summed E-state index contributed by atoms with van der Waals surface area (Å²) >= 11 is 0. The van der Waals surface area contributed by atoms with Gasteiger partial charge in [-0.1, -0.05) is 18.2 Å². The van der Waals surface area contributed by atoms with Gasteiger partial charge in [0.1, 0.15) is 5.75 Å². The minimum Gasteiger partial charge on any atom is -0.496 e. The number of aliphatic hydroxyl groups excluding tert-OH is 1. The molecular weight excluding hydrogens is 178 g/mol. The lowest BCUT2D eigenvalue weighted by atomic mass is 9.86. The Bertz CT molecular complexity index is 312. The van der Waals surface area contributed by atoms with E-state index < -0.39 is 0 Å². The van der Waals surface area contributed by atoms with Gasteiger partial charge in [-0.15, -0.1) is 0 Å². The zero-order valence-electron chi connectivity index (χ0n) is 8.23. The number of benzene rings is 1. The van der Waals surface area contributed by atoms with Crippen LogP contribution in [0.2, 0.25) is 0 Å². The van der Waals surface area contributed by atoms with Crippen molar-refractivity contribution < 1.29 is 9.84 Å². The molecule has 1 aromatic carbocycles. The third-order valence-electron chi connectivity index (χ3n) is 2.78. The zero-order chi connectivity index (χ0) is 9.97. The summed E-state index contributed by atoms with van der Waals surface area (Å²) in [5, 5.41) is 12.4. The SMILES string of the molecule is COc1ccccc1C1NCC1CO. The highest BCUT2D eigenvalue weighted by Gasteiger charge is 2.32. The quantitative estimate of drug-likeness (QED) is 0.751. The molecule has 0 aromatic heterocycles. The van der Waals surface area contributed by atoms with Crippen LogP contribution in [0.1, 0.15) is 11.6 Å². The Labute approximate surface area is 83.7 Å². The lowest BCUT2D eigenvalue weighted by molar-refractivity contribution is 0.127. The van der Waals surface area contributed by atoms with Gasteiger partial charge in [-0.25, -0.2) is 0 Å². The molecule has 1 saturated heterocycles. The number of ether oxygens (including phenoxy) is 1. The molecule has 3 nitrogen and oxygen atoms in total. The van der Waals surface area contributed by atoms with Crippen molar-refractivity contribution in [1.82, 2.24) is 5.32 Å². The van der Waals surface area contributed by atoms with E-state index in [-0.39, 0.29) is 12.6 Å². The standard InChI is InChI=1S/C11H15NO2/c1-14-10-5-3-2-4-9(10)11-8(7-13)6-12-11/h2-5,8,11-13H,6-7H2,1H3. The second-order valence-electron chi connectivity index (χ2n) is 3.57. The molecule has 3 heteroatoms. The Morgan fingerprint density at radius 3 is 2.86 bits per heavy atom. The fourth-order valence-corrected chi connectivity index (χ4v) is 1.86. The normalized spacial score (nSPS) is 25.6. The zero-order valence-corrected chi connectivity index (χ0v) is 8.23. The molecule has 14 heavy (non-hydrogen) atoms. The lowest BCUT2D eigenvalue weighted by Gasteiger charge is -2.37. The fraction of sp³-hybridized carbons (Fsp3) is 0.455. The van der Waals surface area contributed by atoms with Crippen molar-refractivity contribution in [2.24, 2.45) is 5.92 Å². The van der Waals surface area contributed by atoms with Crippen molar-refractivity contribution >= 4 is 0 Å². The summed E-state index contributed by atoms with van der Waals surface area (Å²) in [6.45, 7) is 1.12. The van der Waals surface area contributed by atoms with Crippen LogP contribution < -0.4 is 10.1 Å². The molecule has 2 unspecified atom stereocenters. The molecule has 1 fully saturated rings. The van der Waals surface area contributed by atoms with Crippen LogP contribution in [0.15, 0.2) is 24.3 Å². The minimum atomic E-state index is 0.232. The fourth-order valence-electron chi connectivity index (χ4n) is 1.86. The maximum Gasteiger partial charge on any atom is 0.123 e. The Balaban J connectivity index is 2.22. The first-order valence-corrected chi connectivity index (χ1v) is 4.84. The average molecular weight is 193 g/mol. The first-order chi connectivity index (χ1) is 6.86. The number of hydrogen-bond acceptors (Lipinski definition) is 3. The van der Waals surface area contributed by atoms with Gasteiger partial charge >= 0.3 is 0 Å². The van der Waals surface area contributed by atoms with Gasteiger partial charge in [0.15, 0.2) is 0 Å². The van der Waals surface area contributed by atoms with Crippen LogP contribution in [0.3, 0.4) is 0 Å². The van der Waals surface area contributed by atoms with Crippen molar-refractivity contribution in [2.45, 2.75) is 6.04 Å². The highest BCUT2D eigenvalue weighted by molar-refractivity contribution is 5.37. The number of rotatable bonds is 3. The highest BCUT2D eigenvalue weighted by Crippen LogP contribution is 2.34. The Hall–Kier alpha value is -1.06. The molecule has 1 aliphatic heterocycles. The molecule has 1 aliphatic rings. The summed E-state index contributed by atoms with van der Waals surface area (Å²) < 4.78 is 5.27. The molecule has 0 aliphatic carbocycles. The number of nitrogens with one attached hydrogen (secondary N) is 1. The third kappa shape index (κ3) is 1.49. The Morgan fingerprint density at radius 2 is 2.29 bits per heavy atom. The van der Waals surface area contributed by atoms with Crippen molar-refractivity contribution in [3.05, 3.63) is 29.8 Å². The number of hydrogen-bond donors (Lipinski definition) is 2. The summed E-state index contributed by atoms with van der Waals surface area (Å²) in [6.07, 6.45) is 0. The van der Waals surface area contributed by atoms with Crippen molar-refractivity contribution in [2.75, 3.05) is 20.3 Å². The molecule has 0 bridgehead atoms. The summed E-state index contributed by atoms with van der Waals surface area (Å²) in [5.41, 5.74) is 1.14. The van der Waals surface area contributed by atoms with Crippen LogP contribution in [0.5, 0.6) is 5.75 Å². The van der Waals surface area contributed by atoms with E-state index in [1.165, 1.54) is 0 Å². The summed E-state index contributed by atoms with van der Waals surface area (Å²) in [6, 6.07) is 8.18. The van der Waals surface area contributed by atoms with Gasteiger partial charge in [0, 0.05) is 30.7 Å². The first-order valence-electron chi connectivity index (χ1n) is 4.84. The second kappa shape index (κ2) is 3.98. The predicted molar refractivity (Wildman–Crippen MR) is 54.3 cm³/mol. The largest absolute Gasteiger partial charge is 0.496 e. The van der Waals surface area contributed by atoms with Crippen molar-refractivity contribution in [1.29, 1.82) is 0 Å². The smallest absolute Gasteiger partial charge is 0.123 e. The van der Waals surface area contributed by atoms with Crippen molar-refractivity contribution in [3.8, 4) is 5.75 Å². The van der Waals surface area contributed by atoms with Gasteiger partial charge in [-0.2, -0.15) is 0 Å². The number of methoxy groups -OCH3 is 1. The van der Waals surface area contributed by atoms with E-state index in [0.29, 0.717) is 5.92 Å². The number of para-hydroxylation sites is 1. The average Bonchev–Trinajstić information content (AvgIpc) is 2.18. The molecule has 1 aromatic rings. The molecule has 0 saturated carbocycles. The summed E-state index contributed by atoms with van der Waals surface area (Å²) in [7, 11) is 1.67. The molecule has 2 rings (SSSR count). The Kier molecular flexibility index (Phi) is 2.70. The Morgan fingerprint density at radius 1 is 1.50 bits per heavy atom. The van der Waals surface area contributed by atoms with Gasteiger partial charge in [0.05, 0.1) is 7.11 Å². The molecule has 0 radical (unpaired) electrons. The van der Waals surface area contributed by atoms with Gasteiger partial charge < -0.3 is 15.2 Å². The van der Waals surface area contributed by atoms with E-state index in [1.807, 2.05) is 24.3 Å². The minimum absolute atomic E-state index is 0.232. The molecule has 0 spiro atoms. The topological polar surface area (TPSA) is 41.5 Å². The van der Waals surface area contributed by atoms with Crippen molar-refractivity contribution in [3.63, 3.8) is 0 Å². The molecular formula is C11H15NO2. The van der Waals surface area contributed by atoms with Crippen LogP contribution in [0, 0.1) is 5.92 Å². The maximum atomic E-state index is 9.10. The lowest BCUT2D eigenvalue weighted by Crippen LogP contribution is -2.47. The first kappa shape index (κ1) is 9.49. The van der Waals surface area contributed by atoms with E-state index in [2.05, 4.69) is 5.32 Å². The molecule has 0 amide bonds. The monoisotopic (exact) mass is 193 g/mol. The molecule has 2 atom stereocenters. The van der Waals surface area contributed by atoms with E-state index in [1.54, 1.807) is 7.11 Å². The molecule has 1 heterocycles. The molecule has 76 valence electrons. The van der Waals surface area contributed by atoms with E-state index in [4.69, 9.17) is 9.84 Å². The van der Waals surface area contributed by atoms with E-state index >= 15 is 0 Å². The predicted octanol–water partition coefficient (Wildman–Crippen LogP) is 0.948. The van der Waals surface area contributed by atoms with Gasteiger partial charge in [-0.3, -0.25) is 0 Å². The maximum absolute atomic E-state index is 9.10. The summed E-state index contributed by atoms with van der Waals surface area (Å²) in [4.78, 5) is 0. The van der Waals surface area contributed by atoms with E-state index in [0.717, 1.165) is 17.9 Å². The highest BCUT2D eigenvalue weighted by atomic mass is 16.5. The van der Waals surface area contributed by atoms with Gasteiger partial charge in [0.25, 0.3) is 0 Å². The second-order valence-corrected chi connectivity index (χ2v) is 3.57. The third-order valence-corrected chi connectivity index (χ3v) is 2.78. The summed E-state index contributed by atoms with van der Waals surface area (Å²) in [5.74, 6) is 1.22. The molecule has 2 N–H and O–H groups in total.